The van der Waals surface area contributed by atoms with Crippen molar-refractivity contribution in [1.82, 2.24) is 10.7 Å². The number of nitrogens with zero attached hydrogens (tertiary/aromatic N) is 1. The van der Waals surface area contributed by atoms with Crippen LogP contribution in [0.1, 0.15) is 6.92 Å². The molecule has 0 atom stereocenters. The predicted octanol–water partition coefficient (Wildman–Crippen LogP) is 1.41. The molecule has 0 bridgehead atoms. The number of rotatable bonds is 0. The van der Waals surface area contributed by atoms with Crippen LogP contribution in [0.4, 0.5) is 8.87 Å². The molecule has 2 nitrogen and oxygen atoms in total. The minimum atomic E-state index is -0.692. The number of hydrogen-bond donors (Lipinski definition) is 1. The maximum Gasteiger partial charge on any atom is 0.207 e. The fourth-order valence-electron chi connectivity index (χ4n) is 0.478. The fraction of sp³-hybridized carbons (Fsp3) is 0.200. The van der Waals surface area contributed by atoms with Gasteiger partial charge in [-0.15, -0.1) is 5.23 Å². The van der Waals surface area contributed by atoms with Gasteiger partial charge >= 0.3 is 0 Å². The van der Waals surface area contributed by atoms with Crippen molar-refractivity contribution in [2.45, 2.75) is 6.92 Å². The summed E-state index contributed by atoms with van der Waals surface area (Å²) in [4.78, 5) is 0. The van der Waals surface area contributed by atoms with Crippen LogP contribution in [-0.4, -0.2) is 5.23 Å². The Labute approximate surface area is 51.4 Å². The molecule has 0 unspecified atom stereocenters. The predicted molar refractivity (Wildman–Crippen MR) is 29.0 cm³/mol. The van der Waals surface area contributed by atoms with Gasteiger partial charge in [-0.2, -0.15) is 4.39 Å². The SMILES string of the molecule is CC1=CC=C(F)NN1F. The third-order valence-corrected chi connectivity index (χ3v) is 0.985. The second kappa shape index (κ2) is 2.05. The van der Waals surface area contributed by atoms with Crippen LogP contribution in [-0.2, 0) is 0 Å². The molecule has 0 aromatic heterocycles. The van der Waals surface area contributed by atoms with Gasteiger partial charge in [-0.3, -0.25) is 0 Å². The van der Waals surface area contributed by atoms with Gasteiger partial charge in [0.2, 0.25) is 5.95 Å². The molecule has 1 rings (SSSR count). The Bertz CT molecular complexity index is 174. The van der Waals surface area contributed by atoms with Crippen LogP contribution in [0, 0.1) is 0 Å². The average Bonchev–Trinajstić information content (AvgIpc) is 1.80. The van der Waals surface area contributed by atoms with Crippen LogP contribution in [0.15, 0.2) is 23.8 Å². The largest absolute Gasteiger partial charge is 0.245 e. The second-order valence-corrected chi connectivity index (χ2v) is 1.72. The summed E-state index contributed by atoms with van der Waals surface area (Å²) in [6, 6.07) is 0. The Morgan fingerprint density at radius 3 is 2.67 bits per heavy atom. The molecule has 4 heteroatoms. The van der Waals surface area contributed by atoms with E-state index < -0.39 is 5.95 Å². The van der Waals surface area contributed by atoms with Crippen molar-refractivity contribution in [3.8, 4) is 0 Å². The molecule has 0 saturated heterocycles. The normalized spacial score (nSPS) is 18.3. The molecule has 0 saturated carbocycles. The van der Waals surface area contributed by atoms with Gasteiger partial charge in [0.05, 0.1) is 5.70 Å². The Hall–Kier alpha value is -1.06. The Morgan fingerprint density at radius 1 is 1.56 bits per heavy atom. The summed E-state index contributed by atoms with van der Waals surface area (Å²) in [6.45, 7) is 1.52. The molecule has 50 valence electrons. The summed E-state index contributed by atoms with van der Waals surface area (Å²) in [5.41, 5.74) is 2.15. The van der Waals surface area contributed by atoms with Gasteiger partial charge in [0.1, 0.15) is 0 Å². The number of allylic oxidation sites excluding steroid dienone is 3. The highest BCUT2D eigenvalue weighted by Gasteiger charge is 2.07. The van der Waals surface area contributed by atoms with E-state index in [0.29, 0.717) is 5.70 Å². The number of hydrazine groups is 1. The van der Waals surface area contributed by atoms with Crippen LogP contribution in [0.5, 0.6) is 0 Å². The highest BCUT2D eigenvalue weighted by molar-refractivity contribution is 5.14. The van der Waals surface area contributed by atoms with E-state index in [2.05, 4.69) is 0 Å². The third-order valence-electron chi connectivity index (χ3n) is 0.985. The van der Waals surface area contributed by atoms with Crippen LogP contribution in [0.2, 0.25) is 0 Å². The molecule has 0 aliphatic carbocycles. The van der Waals surface area contributed by atoms with Crippen molar-refractivity contribution < 1.29 is 8.87 Å². The zero-order valence-corrected chi connectivity index (χ0v) is 4.86. The smallest absolute Gasteiger partial charge is 0.207 e. The molecule has 0 fully saturated rings. The van der Waals surface area contributed by atoms with Gasteiger partial charge in [-0.05, 0) is 19.1 Å². The summed E-state index contributed by atoms with van der Waals surface area (Å²) in [6.07, 6.45) is 2.50. The second-order valence-electron chi connectivity index (χ2n) is 1.72. The number of nitrogens with one attached hydrogen (secondary N) is 1. The third kappa shape index (κ3) is 1.19. The monoisotopic (exact) mass is 132 g/mol. The van der Waals surface area contributed by atoms with Crippen molar-refractivity contribution >= 4 is 0 Å². The van der Waals surface area contributed by atoms with Gasteiger partial charge in [0, 0.05) is 0 Å². The maximum absolute atomic E-state index is 12.2. The van der Waals surface area contributed by atoms with Gasteiger partial charge in [0.25, 0.3) is 0 Å². The summed E-state index contributed by atoms with van der Waals surface area (Å²) in [5, 5.41) is 0.120. The van der Waals surface area contributed by atoms with E-state index in [1.54, 1.807) is 0 Å². The minimum absolute atomic E-state index is 0.120. The summed E-state index contributed by atoms with van der Waals surface area (Å²) < 4.78 is 24.2. The van der Waals surface area contributed by atoms with E-state index in [4.69, 9.17) is 0 Å². The highest BCUT2D eigenvalue weighted by atomic mass is 19.2. The first kappa shape index (κ1) is 6.07. The highest BCUT2D eigenvalue weighted by Crippen LogP contribution is 2.09. The molecule has 1 N–H and O–H groups in total. The topological polar surface area (TPSA) is 15.3 Å². The Balaban J connectivity index is 2.74. The molecule has 1 aliphatic rings. The number of hydrogen-bond acceptors (Lipinski definition) is 2. The van der Waals surface area contributed by atoms with E-state index in [1.165, 1.54) is 13.0 Å². The summed E-state index contributed by atoms with van der Waals surface area (Å²) in [5.74, 6) is -0.692. The van der Waals surface area contributed by atoms with Crippen molar-refractivity contribution in [2.24, 2.45) is 0 Å². The Kier molecular flexibility index (Phi) is 1.38. The lowest BCUT2D eigenvalue weighted by Crippen LogP contribution is -2.28. The molecule has 1 heterocycles. The van der Waals surface area contributed by atoms with E-state index >= 15 is 0 Å². The van der Waals surface area contributed by atoms with Crippen molar-refractivity contribution in [2.75, 3.05) is 0 Å². The first-order valence-corrected chi connectivity index (χ1v) is 2.47. The zero-order chi connectivity index (χ0) is 6.85. The van der Waals surface area contributed by atoms with Gasteiger partial charge in [-0.25, -0.2) is 5.43 Å². The standard InChI is InChI=1S/C5H6F2N2/c1-4-2-3-5(6)8-9(4)7/h2-3,8H,1H3. The summed E-state index contributed by atoms with van der Waals surface area (Å²) in [7, 11) is 0. The first-order chi connectivity index (χ1) is 4.20. The van der Waals surface area contributed by atoms with Crippen molar-refractivity contribution in [3.05, 3.63) is 23.8 Å². The van der Waals surface area contributed by atoms with Crippen LogP contribution < -0.4 is 5.43 Å². The van der Waals surface area contributed by atoms with Crippen molar-refractivity contribution in [3.63, 3.8) is 0 Å². The molecule has 1 aliphatic heterocycles. The van der Waals surface area contributed by atoms with E-state index in [-0.39, 0.29) is 5.23 Å². The van der Waals surface area contributed by atoms with E-state index in [9.17, 15) is 8.87 Å². The fourth-order valence-corrected chi connectivity index (χ4v) is 0.478. The molecule has 0 amide bonds. The van der Waals surface area contributed by atoms with Crippen LogP contribution >= 0.6 is 0 Å². The quantitative estimate of drug-likeness (QED) is 0.396. The lowest BCUT2D eigenvalue weighted by Gasteiger charge is -2.16. The summed E-state index contributed by atoms with van der Waals surface area (Å²) >= 11 is 0. The van der Waals surface area contributed by atoms with Crippen molar-refractivity contribution in [1.29, 1.82) is 0 Å². The first-order valence-electron chi connectivity index (χ1n) is 2.47. The van der Waals surface area contributed by atoms with Gasteiger partial charge in [-0.1, -0.05) is 4.48 Å². The van der Waals surface area contributed by atoms with Gasteiger partial charge in [0.15, 0.2) is 0 Å². The number of halogens is 2. The molecule has 0 spiro atoms. The molecule has 0 aromatic carbocycles. The molecular weight excluding hydrogens is 126 g/mol. The maximum atomic E-state index is 12.2. The Morgan fingerprint density at radius 2 is 2.22 bits per heavy atom. The lowest BCUT2D eigenvalue weighted by atomic mass is 10.4. The van der Waals surface area contributed by atoms with Crippen LogP contribution in [0.3, 0.4) is 0 Å². The molecule has 9 heavy (non-hydrogen) atoms. The molecular formula is C5H6F2N2. The zero-order valence-electron chi connectivity index (χ0n) is 4.86. The lowest BCUT2D eigenvalue weighted by molar-refractivity contribution is 0.0114. The minimum Gasteiger partial charge on any atom is -0.245 e. The molecule has 0 aromatic rings. The van der Waals surface area contributed by atoms with Gasteiger partial charge < -0.3 is 0 Å². The van der Waals surface area contributed by atoms with Crippen LogP contribution in [0.25, 0.3) is 0 Å². The van der Waals surface area contributed by atoms with E-state index in [0.717, 1.165) is 6.08 Å². The van der Waals surface area contributed by atoms with E-state index in [1.807, 2.05) is 5.43 Å². The average molecular weight is 132 g/mol. The molecule has 0 radical (unpaired) electrons.